The smallest absolute Gasteiger partial charge is 0.141 e. The lowest BCUT2D eigenvalue weighted by molar-refractivity contribution is 0.141. The molecule has 2 aliphatic heterocycles. The van der Waals surface area contributed by atoms with E-state index < -0.39 is 0 Å². The van der Waals surface area contributed by atoms with Gasteiger partial charge in [-0.3, -0.25) is 0 Å². The van der Waals surface area contributed by atoms with Crippen LogP contribution in [0.15, 0.2) is 0 Å². The molecule has 4 aliphatic rings. The number of aryl methyl sites for hydroxylation is 2. The largest absolute Gasteiger partial charge is 0.356 e. The Hall–Kier alpha value is -1.20. The van der Waals surface area contributed by atoms with E-state index in [-0.39, 0.29) is 0 Å². The maximum Gasteiger partial charge on any atom is 0.141 e. The van der Waals surface area contributed by atoms with Crippen LogP contribution in [0.4, 0.5) is 5.82 Å². The first-order valence-corrected chi connectivity index (χ1v) is 14.0. The van der Waals surface area contributed by atoms with Crippen LogP contribution in [-0.2, 0) is 12.8 Å². The van der Waals surface area contributed by atoms with E-state index in [1.165, 1.54) is 138 Å². The predicted molar refractivity (Wildman–Crippen MR) is 131 cm³/mol. The van der Waals surface area contributed by atoms with Crippen molar-refractivity contribution in [1.82, 2.24) is 14.9 Å². The topological polar surface area (TPSA) is 32.3 Å². The molecule has 0 aromatic carbocycles. The zero-order valence-corrected chi connectivity index (χ0v) is 19.9. The number of thiophene rings is 1. The van der Waals surface area contributed by atoms with Gasteiger partial charge in [-0.2, -0.15) is 0 Å². The summed E-state index contributed by atoms with van der Waals surface area (Å²) in [6.07, 6.45) is 18.7. The van der Waals surface area contributed by atoms with Gasteiger partial charge in [-0.05, 0) is 82.9 Å². The molecule has 0 amide bonds. The predicted octanol–water partition coefficient (Wildman–Crippen LogP) is 6.07. The highest BCUT2D eigenvalue weighted by Crippen LogP contribution is 2.42. The van der Waals surface area contributed by atoms with Gasteiger partial charge in [-0.25, -0.2) is 9.97 Å². The second-order valence-corrected chi connectivity index (χ2v) is 11.5. The number of likely N-dealkylation sites (tertiary alicyclic amines) is 1. The summed E-state index contributed by atoms with van der Waals surface area (Å²) < 4.78 is 0. The van der Waals surface area contributed by atoms with E-state index in [4.69, 9.17) is 9.97 Å². The summed E-state index contributed by atoms with van der Waals surface area (Å²) in [5.74, 6) is 3.06. The number of hydrogen-bond donors (Lipinski definition) is 0. The molecule has 0 bridgehead atoms. The normalized spacial score (nSPS) is 24.6. The second-order valence-electron chi connectivity index (χ2n) is 10.4. The summed E-state index contributed by atoms with van der Waals surface area (Å²) in [4.78, 5) is 18.9. The molecule has 0 N–H and O–H groups in total. The van der Waals surface area contributed by atoms with Crippen molar-refractivity contribution in [2.24, 2.45) is 0 Å². The van der Waals surface area contributed by atoms with E-state index in [0.29, 0.717) is 5.92 Å². The minimum absolute atomic E-state index is 0.585. The fraction of sp³-hybridized carbons (Fsp3) is 0.769. The Kier molecular flexibility index (Phi) is 5.91. The van der Waals surface area contributed by atoms with E-state index in [1.54, 1.807) is 10.4 Å². The van der Waals surface area contributed by atoms with Gasteiger partial charge in [-0.1, -0.05) is 25.7 Å². The third kappa shape index (κ3) is 4.01. The first-order valence-electron chi connectivity index (χ1n) is 13.2. The second kappa shape index (κ2) is 8.97. The van der Waals surface area contributed by atoms with Gasteiger partial charge in [0, 0.05) is 29.9 Å². The van der Waals surface area contributed by atoms with Crippen LogP contribution in [0.1, 0.15) is 99.2 Å². The fourth-order valence-electron chi connectivity index (χ4n) is 6.65. The molecule has 3 fully saturated rings. The lowest BCUT2D eigenvalue weighted by atomic mass is 9.88. The van der Waals surface area contributed by atoms with Gasteiger partial charge in [-0.15, -0.1) is 11.3 Å². The molecular weight excluding hydrogens is 400 g/mol. The number of rotatable bonds is 3. The zero-order chi connectivity index (χ0) is 20.6. The molecule has 0 spiro atoms. The lowest BCUT2D eigenvalue weighted by Gasteiger charge is -2.41. The highest BCUT2D eigenvalue weighted by atomic mass is 32.1. The molecule has 4 heterocycles. The minimum atomic E-state index is 0.585. The van der Waals surface area contributed by atoms with Gasteiger partial charge in [0.2, 0.25) is 0 Å². The molecule has 0 unspecified atom stereocenters. The molecular formula is C26H38N4S. The van der Waals surface area contributed by atoms with Crippen molar-refractivity contribution in [3.8, 4) is 0 Å². The summed E-state index contributed by atoms with van der Waals surface area (Å²) in [7, 11) is 0. The average molecular weight is 439 g/mol. The van der Waals surface area contributed by atoms with Crippen molar-refractivity contribution in [1.29, 1.82) is 0 Å². The molecule has 2 aromatic rings. The van der Waals surface area contributed by atoms with Gasteiger partial charge in [0.1, 0.15) is 16.5 Å². The van der Waals surface area contributed by atoms with Crippen molar-refractivity contribution in [2.75, 3.05) is 31.1 Å². The number of anilines is 1. The molecule has 2 saturated heterocycles. The summed E-state index contributed by atoms with van der Waals surface area (Å²) >= 11 is 1.99. The number of fused-ring (bicyclic) bond motifs is 3. The Balaban J connectivity index is 1.32. The molecule has 2 aliphatic carbocycles. The first-order chi connectivity index (χ1) is 15.4. The maximum atomic E-state index is 5.37. The Bertz CT molecular complexity index is 902. The molecule has 0 atom stereocenters. The van der Waals surface area contributed by atoms with Crippen LogP contribution >= 0.6 is 11.3 Å². The van der Waals surface area contributed by atoms with Crippen molar-refractivity contribution >= 4 is 27.4 Å². The molecule has 2 aromatic heterocycles. The summed E-state index contributed by atoms with van der Waals surface area (Å²) in [5, 5.41) is 1.44. The molecule has 5 heteroatoms. The number of nitrogens with zero attached hydrogens (tertiary/aromatic N) is 4. The summed E-state index contributed by atoms with van der Waals surface area (Å²) in [6.45, 7) is 4.99. The van der Waals surface area contributed by atoms with Gasteiger partial charge in [0.15, 0.2) is 0 Å². The van der Waals surface area contributed by atoms with E-state index >= 15 is 0 Å². The highest BCUT2D eigenvalue weighted by Gasteiger charge is 2.30. The van der Waals surface area contributed by atoms with E-state index in [1.807, 2.05) is 11.3 Å². The fourth-order valence-corrected chi connectivity index (χ4v) is 7.92. The van der Waals surface area contributed by atoms with Crippen LogP contribution in [0.5, 0.6) is 0 Å². The van der Waals surface area contributed by atoms with Gasteiger partial charge in [0.05, 0.1) is 5.39 Å². The Morgan fingerprint density at radius 1 is 0.710 bits per heavy atom. The quantitative estimate of drug-likeness (QED) is 0.582. The molecule has 1 saturated carbocycles. The molecule has 168 valence electrons. The van der Waals surface area contributed by atoms with Crippen LogP contribution in [-0.4, -0.2) is 47.1 Å². The highest BCUT2D eigenvalue weighted by molar-refractivity contribution is 7.19. The van der Waals surface area contributed by atoms with Gasteiger partial charge in [0.25, 0.3) is 0 Å². The number of hydrogen-bond acceptors (Lipinski definition) is 5. The molecule has 0 radical (unpaired) electrons. The Morgan fingerprint density at radius 2 is 1.45 bits per heavy atom. The summed E-state index contributed by atoms with van der Waals surface area (Å²) in [5.41, 5.74) is 1.61. The van der Waals surface area contributed by atoms with E-state index in [9.17, 15) is 0 Å². The SMILES string of the molecule is C1CCC(c2nc(N3CCC(N4CCCCC4)CC3)c3c4c(sc3n2)CCCC4)CC1. The number of aromatic nitrogens is 2. The van der Waals surface area contributed by atoms with Gasteiger partial charge >= 0.3 is 0 Å². The average Bonchev–Trinajstić information content (AvgIpc) is 3.23. The van der Waals surface area contributed by atoms with Crippen molar-refractivity contribution in [2.45, 2.75) is 102 Å². The monoisotopic (exact) mass is 438 g/mol. The van der Waals surface area contributed by atoms with Gasteiger partial charge < -0.3 is 9.80 Å². The van der Waals surface area contributed by atoms with Crippen molar-refractivity contribution in [3.63, 3.8) is 0 Å². The summed E-state index contributed by atoms with van der Waals surface area (Å²) in [6, 6.07) is 0.795. The first kappa shape index (κ1) is 20.4. The van der Waals surface area contributed by atoms with Crippen molar-refractivity contribution in [3.05, 3.63) is 16.3 Å². The maximum absolute atomic E-state index is 5.37. The van der Waals surface area contributed by atoms with E-state index in [2.05, 4.69) is 9.80 Å². The molecule has 4 nitrogen and oxygen atoms in total. The van der Waals surface area contributed by atoms with Crippen LogP contribution in [0.2, 0.25) is 0 Å². The lowest BCUT2D eigenvalue weighted by Crippen LogP contribution is -2.47. The van der Waals surface area contributed by atoms with E-state index in [0.717, 1.165) is 6.04 Å². The molecule has 31 heavy (non-hydrogen) atoms. The Morgan fingerprint density at radius 3 is 2.26 bits per heavy atom. The minimum Gasteiger partial charge on any atom is -0.356 e. The van der Waals surface area contributed by atoms with Crippen LogP contribution in [0.3, 0.4) is 0 Å². The third-order valence-corrected chi connectivity index (χ3v) is 9.64. The van der Waals surface area contributed by atoms with Crippen LogP contribution in [0, 0.1) is 0 Å². The van der Waals surface area contributed by atoms with Crippen molar-refractivity contribution < 1.29 is 0 Å². The Labute approximate surface area is 191 Å². The zero-order valence-electron chi connectivity index (χ0n) is 19.1. The standard InChI is InChI=1S/C26H38N4S/c1-3-9-19(10-4-1)24-27-25(23-21-11-5-6-12-22(21)31-26(23)28-24)30-17-13-20(14-18-30)29-15-7-2-8-16-29/h19-20H,1-18H2. The van der Waals surface area contributed by atoms with Crippen LogP contribution < -0.4 is 4.90 Å². The number of piperidine rings is 2. The van der Waals surface area contributed by atoms with Crippen LogP contribution in [0.25, 0.3) is 10.2 Å². The molecule has 6 rings (SSSR count). The third-order valence-electron chi connectivity index (χ3n) is 8.45.